The van der Waals surface area contributed by atoms with E-state index in [4.69, 9.17) is 37.0 Å². The van der Waals surface area contributed by atoms with E-state index in [1.54, 1.807) is 0 Å². The zero-order valence-electron chi connectivity index (χ0n) is 68.3. The highest BCUT2D eigenvalue weighted by atomic mass is 31.2. The van der Waals surface area contributed by atoms with Crippen LogP contribution < -0.4 is 0 Å². The van der Waals surface area contributed by atoms with Crippen molar-refractivity contribution < 1.29 is 80.2 Å². The predicted octanol–water partition coefficient (Wildman–Crippen LogP) is 25.8. The first-order valence-corrected chi connectivity index (χ1v) is 47.1. The highest BCUT2D eigenvalue weighted by Gasteiger charge is 2.30. The molecule has 0 aliphatic heterocycles. The van der Waals surface area contributed by atoms with Gasteiger partial charge in [-0.3, -0.25) is 37.3 Å². The van der Waals surface area contributed by atoms with E-state index in [1.165, 1.54) is 257 Å². The monoisotopic (exact) mass is 1520 g/mol. The van der Waals surface area contributed by atoms with Crippen LogP contribution in [0, 0.1) is 11.8 Å². The summed E-state index contributed by atoms with van der Waals surface area (Å²) in [5.74, 6) is -0.364. The highest BCUT2D eigenvalue weighted by molar-refractivity contribution is 7.47. The van der Waals surface area contributed by atoms with Crippen molar-refractivity contribution in [1.82, 2.24) is 0 Å². The molecule has 0 aliphatic carbocycles. The molecule has 0 bridgehead atoms. The van der Waals surface area contributed by atoms with Crippen LogP contribution in [-0.4, -0.2) is 96.7 Å². The molecule has 0 aliphatic rings. The zero-order chi connectivity index (χ0) is 76.4. The third-order valence-electron chi connectivity index (χ3n) is 20.7. The third kappa shape index (κ3) is 75.5. The molecule has 3 N–H and O–H groups in total. The van der Waals surface area contributed by atoms with E-state index in [-0.39, 0.29) is 25.7 Å². The molecule has 104 heavy (non-hydrogen) atoms. The summed E-state index contributed by atoms with van der Waals surface area (Å²) < 4.78 is 68.7. The number of aliphatic hydroxyl groups is 1. The van der Waals surface area contributed by atoms with Crippen molar-refractivity contribution in [3.63, 3.8) is 0 Å². The van der Waals surface area contributed by atoms with E-state index >= 15 is 0 Å². The molecule has 7 atom stereocenters. The molecule has 0 aromatic heterocycles. The van der Waals surface area contributed by atoms with Crippen LogP contribution in [0.25, 0.3) is 0 Å². The molecule has 0 fully saturated rings. The normalized spacial score (nSPS) is 14.4. The summed E-state index contributed by atoms with van der Waals surface area (Å²) in [7, 11) is -9.92. The Morgan fingerprint density at radius 3 is 0.683 bits per heavy atom. The minimum absolute atomic E-state index is 0.108. The summed E-state index contributed by atoms with van der Waals surface area (Å²) >= 11 is 0. The molecule has 0 aromatic rings. The molecule has 618 valence electrons. The van der Waals surface area contributed by atoms with Gasteiger partial charge < -0.3 is 33.8 Å². The zero-order valence-corrected chi connectivity index (χ0v) is 70.1. The number of phosphoric acid groups is 2. The molecule has 0 amide bonds. The fourth-order valence-electron chi connectivity index (χ4n) is 13.2. The van der Waals surface area contributed by atoms with Crippen LogP contribution in [0.4, 0.5) is 0 Å². The van der Waals surface area contributed by atoms with Gasteiger partial charge in [0.25, 0.3) is 0 Å². The number of hydrogen-bond donors (Lipinski definition) is 3. The lowest BCUT2D eigenvalue weighted by molar-refractivity contribution is -0.161. The molecule has 0 saturated carbocycles. The molecule has 0 aromatic carbocycles. The summed E-state index contributed by atoms with van der Waals surface area (Å²) in [6.45, 7) is 9.75. The third-order valence-corrected chi connectivity index (χ3v) is 22.6. The van der Waals surface area contributed by atoms with Gasteiger partial charge in [-0.05, 0) is 37.5 Å². The van der Waals surface area contributed by atoms with Crippen molar-refractivity contribution in [3.05, 3.63) is 0 Å². The second-order valence-electron chi connectivity index (χ2n) is 31.1. The molecule has 0 radical (unpaired) electrons. The van der Waals surface area contributed by atoms with Gasteiger partial charge in [-0.15, -0.1) is 0 Å². The average Bonchev–Trinajstić information content (AvgIpc) is 0.902. The minimum Gasteiger partial charge on any atom is -0.462 e. The number of unbranched alkanes of at least 4 members (excludes halogenated alkanes) is 52. The quantitative estimate of drug-likeness (QED) is 0.0222. The van der Waals surface area contributed by atoms with Crippen LogP contribution in [0.15, 0.2) is 0 Å². The minimum atomic E-state index is -4.96. The van der Waals surface area contributed by atoms with Crippen molar-refractivity contribution in [2.75, 3.05) is 39.6 Å². The topological polar surface area (TPSA) is 237 Å². The number of ether oxygens (including phenoxy) is 4. The molecule has 0 spiro atoms. The molecule has 4 unspecified atom stereocenters. The Labute approximate surface area is 638 Å². The van der Waals surface area contributed by atoms with Crippen LogP contribution in [0.5, 0.6) is 0 Å². The Morgan fingerprint density at radius 1 is 0.269 bits per heavy atom. The summed E-state index contributed by atoms with van der Waals surface area (Å²) in [6, 6.07) is 0. The number of hydrogen-bond acceptors (Lipinski definition) is 15. The first-order valence-electron chi connectivity index (χ1n) is 44.1. The number of carbonyl (C=O) groups excluding carboxylic acids is 4. The average molecular weight is 1520 g/mol. The molecule has 0 rings (SSSR count). The Morgan fingerprint density at radius 2 is 0.462 bits per heavy atom. The van der Waals surface area contributed by atoms with Gasteiger partial charge in [0.1, 0.15) is 19.3 Å². The lowest BCUT2D eigenvalue weighted by Crippen LogP contribution is -2.30. The van der Waals surface area contributed by atoms with Gasteiger partial charge in [-0.1, -0.05) is 401 Å². The van der Waals surface area contributed by atoms with E-state index in [0.29, 0.717) is 25.7 Å². The van der Waals surface area contributed by atoms with E-state index in [2.05, 4.69) is 41.5 Å². The van der Waals surface area contributed by atoms with Crippen molar-refractivity contribution >= 4 is 39.5 Å². The Hall–Kier alpha value is -1.94. The molecule has 0 saturated heterocycles. The predicted molar refractivity (Wildman–Crippen MR) is 428 cm³/mol. The van der Waals surface area contributed by atoms with Crippen molar-refractivity contribution in [2.24, 2.45) is 11.8 Å². The van der Waals surface area contributed by atoms with Crippen molar-refractivity contribution in [1.29, 1.82) is 0 Å². The highest BCUT2D eigenvalue weighted by Crippen LogP contribution is 2.45. The maximum Gasteiger partial charge on any atom is 0.472 e. The SMILES string of the molecule is CCCCCCCCCCCCCCCC(=O)O[C@H](COC(=O)CCCCCCCCC)COP(=O)(O)OC[C@H](O)COP(=O)(O)OC[C@@H](COC(=O)CCCCCCCCCCCCCCCCCCCCC(C)CC)OC(=O)CCCCCCCCCCCCCCCCCCCCC(C)CC. The first-order chi connectivity index (χ1) is 50.4. The summed E-state index contributed by atoms with van der Waals surface area (Å²) in [6.07, 6.45) is 68.2. The molecule has 0 heterocycles. The van der Waals surface area contributed by atoms with Crippen LogP contribution in [0.2, 0.25) is 0 Å². The fourth-order valence-corrected chi connectivity index (χ4v) is 14.8. The number of esters is 4. The summed E-state index contributed by atoms with van der Waals surface area (Å²) in [4.78, 5) is 73.0. The van der Waals surface area contributed by atoms with Gasteiger partial charge in [0.2, 0.25) is 0 Å². The van der Waals surface area contributed by atoms with Gasteiger partial charge >= 0.3 is 39.5 Å². The van der Waals surface area contributed by atoms with Gasteiger partial charge in [0.05, 0.1) is 26.4 Å². The Kier molecular flexibility index (Phi) is 75.0. The van der Waals surface area contributed by atoms with Crippen molar-refractivity contribution in [2.45, 2.75) is 471 Å². The second-order valence-corrected chi connectivity index (χ2v) is 34.0. The van der Waals surface area contributed by atoms with Crippen LogP contribution in [0.3, 0.4) is 0 Å². The number of carbonyl (C=O) groups is 4. The largest absolute Gasteiger partial charge is 0.472 e. The van der Waals surface area contributed by atoms with Gasteiger partial charge in [-0.2, -0.15) is 0 Å². The molecular weight excluding hydrogens is 1350 g/mol. The van der Waals surface area contributed by atoms with Gasteiger partial charge in [0, 0.05) is 25.7 Å². The second kappa shape index (κ2) is 76.4. The van der Waals surface area contributed by atoms with Gasteiger partial charge in [0.15, 0.2) is 12.2 Å². The van der Waals surface area contributed by atoms with Gasteiger partial charge in [-0.25, -0.2) is 9.13 Å². The maximum atomic E-state index is 13.1. The standard InChI is InChI=1S/C85H166O17P2/c1-7-11-13-15-17-18-19-32-40-45-51-57-63-69-84(89)101-80(73-95-82(87)67-61-55-47-16-14-12-8-2)75-99-103(91,92)97-71-79(86)72-98-104(93,94)100-76-81(102-85(90)70-64-58-52-46-41-36-31-27-23-21-25-29-34-38-43-49-54-60-66-78(6)10-4)74-96-83(88)68-62-56-50-44-39-35-30-26-22-20-24-28-33-37-42-48-53-59-65-77(5)9-3/h77-81,86H,7-76H2,1-6H3,(H,91,92)(H,93,94)/t77?,78?,79-,80+,81+/m0/s1. The van der Waals surface area contributed by atoms with Crippen LogP contribution in [0.1, 0.15) is 452 Å². The first kappa shape index (κ1) is 102. The fraction of sp³-hybridized carbons (Fsp3) is 0.953. The maximum absolute atomic E-state index is 13.1. The Bertz CT molecular complexity index is 2000. The number of aliphatic hydroxyl groups excluding tert-OH is 1. The molecule has 19 heteroatoms. The smallest absolute Gasteiger partial charge is 0.462 e. The molecule has 17 nitrogen and oxygen atoms in total. The van der Waals surface area contributed by atoms with E-state index in [1.807, 2.05) is 0 Å². The lowest BCUT2D eigenvalue weighted by Gasteiger charge is -2.21. The van der Waals surface area contributed by atoms with E-state index < -0.39 is 97.5 Å². The summed E-state index contributed by atoms with van der Waals surface area (Å²) in [5.41, 5.74) is 0. The van der Waals surface area contributed by atoms with Crippen LogP contribution >= 0.6 is 15.6 Å². The molecular formula is C85H166O17P2. The number of rotatable bonds is 84. The van der Waals surface area contributed by atoms with E-state index in [9.17, 15) is 43.2 Å². The van der Waals surface area contributed by atoms with Crippen LogP contribution in [-0.2, 0) is 65.4 Å². The number of phosphoric ester groups is 2. The van der Waals surface area contributed by atoms with E-state index in [0.717, 1.165) is 115 Å². The Balaban J connectivity index is 5.14. The summed E-state index contributed by atoms with van der Waals surface area (Å²) in [5, 5.41) is 10.6. The lowest BCUT2D eigenvalue weighted by atomic mass is 9.99. The van der Waals surface area contributed by atoms with Crippen molar-refractivity contribution in [3.8, 4) is 0 Å².